The van der Waals surface area contributed by atoms with Crippen LogP contribution in [0.3, 0.4) is 0 Å². The number of hydrogen-bond donors (Lipinski definition) is 2. The van der Waals surface area contributed by atoms with Crippen molar-refractivity contribution < 1.29 is 19.1 Å². The van der Waals surface area contributed by atoms with Crippen LogP contribution in [-0.2, 0) is 16.0 Å². The van der Waals surface area contributed by atoms with E-state index in [4.69, 9.17) is 5.11 Å². The largest absolute Gasteiger partial charge is 0.481 e. The lowest BCUT2D eigenvalue weighted by Crippen LogP contribution is -2.31. The molecule has 2 aromatic rings. The number of amides is 1. The Morgan fingerprint density at radius 1 is 1.24 bits per heavy atom. The first-order chi connectivity index (χ1) is 10.1. The zero-order valence-corrected chi connectivity index (χ0v) is 11.9. The number of carboxylic acids is 1. The maximum Gasteiger partial charge on any atom is 0.305 e. The fourth-order valence-corrected chi connectivity index (χ4v) is 2.72. The summed E-state index contributed by atoms with van der Waals surface area (Å²) in [5.41, 5.74) is 0.287. The van der Waals surface area contributed by atoms with Gasteiger partial charge in [-0.25, -0.2) is 4.39 Å². The number of aliphatic carboxylic acids is 1. The summed E-state index contributed by atoms with van der Waals surface area (Å²) in [7, 11) is 0. The second-order valence-corrected chi connectivity index (χ2v) is 5.48. The Morgan fingerprint density at radius 3 is 2.62 bits per heavy atom. The summed E-state index contributed by atoms with van der Waals surface area (Å²) in [5.74, 6) is -1.85. The van der Waals surface area contributed by atoms with Gasteiger partial charge in [0.25, 0.3) is 0 Å². The molecule has 0 saturated heterocycles. The molecule has 1 aromatic carbocycles. The Bertz CT molecular complexity index is 628. The van der Waals surface area contributed by atoms with Crippen molar-refractivity contribution in [2.45, 2.75) is 18.9 Å². The highest BCUT2D eigenvalue weighted by molar-refractivity contribution is 7.10. The first-order valence-electron chi connectivity index (χ1n) is 6.34. The first-order valence-corrected chi connectivity index (χ1v) is 7.22. The van der Waals surface area contributed by atoms with E-state index < -0.39 is 23.7 Å². The molecule has 0 fully saturated rings. The maximum atomic E-state index is 13.5. The number of rotatable bonds is 6. The molecule has 0 unspecified atom stereocenters. The van der Waals surface area contributed by atoms with Gasteiger partial charge in [-0.05, 0) is 23.1 Å². The summed E-state index contributed by atoms with van der Waals surface area (Å²) in [6, 6.07) is 8.99. The lowest BCUT2D eigenvalue weighted by Gasteiger charge is -2.15. The third-order valence-corrected chi connectivity index (χ3v) is 3.90. The third kappa shape index (κ3) is 4.39. The number of halogens is 1. The average molecular weight is 307 g/mol. The van der Waals surface area contributed by atoms with Gasteiger partial charge in [-0.15, -0.1) is 11.3 Å². The zero-order chi connectivity index (χ0) is 15.2. The number of carboxylic acid groups (broad SMARTS) is 1. The van der Waals surface area contributed by atoms with Gasteiger partial charge in [-0.2, -0.15) is 0 Å². The van der Waals surface area contributed by atoms with Crippen molar-refractivity contribution in [1.29, 1.82) is 0 Å². The SMILES string of the molecule is O=C(O)C[C@@H](NC(=O)Cc1ccccc1F)c1cccs1. The van der Waals surface area contributed by atoms with Gasteiger partial charge in [-0.1, -0.05) is 24.3 Å². The van der Waals surface area contributed by atoms with E-state index in [0.717, 1.165) is 4.88 Å². The highest BCUT2D eigenvalue weighted by atomic mass is 32.1. The third-order valence-electron chi connectivity index (χ3n) is 2.91. The number of carbonyl (C=O) groups is 2. The molecular weight excluding hydrogens is 293 g/mol. The number of thiophene rings is 1. The predicted molar refractivity (Wildman–Crippen MR) is 77.6 cm³/mol. The Kier molecular flexibility index (Phi) is 5.05. The molecule has 0 aliphatic rings. The zero-order valence-electron chi connectivity index (χ0n) is 11.1. The molecule has 110 valence electrons. The van der Waals surface area contributed by atoms with Crippen molar-refractivity contribution in [3.63, 3.8) is 0 Å². The van der Waals surface area contributed by atoms with Gasteiger partial charge in [0.05, 0.1) is 18.9 Å². The van der Waals surface area contributed by atoms with Crippen molar-refractivity contribution in [1.82, 2.24) is 5.32 Å². The number of benzene rings is 1. The van der Waals surface area contributed by atoms with Crippen LogP contribution in [-0.4, -0.2) is 17.0 Å². The molecule has 0 aliphatic heterocycles. The minimum Gasteiger partial charge on any atom is -0.481 e. The second kappa shape index (κ2) is 6.99. The Balaban J connectivity index is 2.05. The van der Waals surface area contributed by atoms with Crippen LogP contribution in [0.25, 0.3) is 0 Å². The Labute approximate surface area is 125 Å². The number of nitrogens with one attached hydrogen (secondary N) is 1. The van der Waals surface area contributed by atoms with E-state index >= 15 is 0 Å². The van der Waals surface area contributed by atoms with Crippen molar-refractivity contribution in [3.8, 4) is 0 Å². The summed E-state index contributed by atoms with van der Waals surface area (Å²) >= 11 is 1.37. The topological polar surface area (TPSA) is 66.4 Å². The minimum absolute atomic E-state index is 0.117. The molecule has 0 saturated carbocycles. The van der Waals surface area contributed by atoms with E-state index in [1.807, 2.05) is 5.38 Å². The van der Waals surface area contributed by atoms with Gasteiger partial charge in [0.1, 0.15) is 5.82 Å². The number of hydrogen-bond acceptors (Lipinski definition) is 3. The molecule has 0 aliphatic carbocycles. The van der Waals surface area contributed by atoms with Gasteiger partial charge in [0, 0.05) is 4.88 Å². The average Bonchev–Trinajstić information content (AvgIpc) is 2.94. The van der Waals surface area contributed by atoms with E-state index in [9.17, 15) is 14.0 Å². The standard InChI is InChI=1S/C15H14FNO3S/c16-11-5-2-1-4-10(11)8-14(18)17-12(9-15(19)20)13-6-3-7-21-13/h1-7,12H,8-9H2,(H,17,18)(H,19,20)/t12-/m1/s1. The smallest absolute Gasteiger partial charge is 0.305 e. The van der Waals surface area contributed by atoms with Gasteiger partial charge in [0.15, 0.2) is 0 Å². The van der Waals surface area contributed by atoms with Crippen LogP contribution in [0.4, 0.5) is 4.39 Å². The van der Waals surface area contributed by atoms with Crippen LogP contribution in [0, 0.1) is 5.82 Å². The van der Waals surface area contributed by atoms with Gasteiger partial charge in [0.2, 0.25) is 5.91 Å². The molecule has 4 nitrogen and oxygen atoms in total. The summed E-state index contributed by atoms with van der Waals surface area (Å²) in [6.45, 7) is 0. The van der Waals surface area contributed by atoms with E-state index in [1.54, 1.807) is 24.3 Å². The molecule has 2 N–H and O–H groups in total. The van der Waals surface area contributed by atoms with Crippen LogP contribution >= 0.6 is 11.3 Å². The molecule has 1 amide bonds. The Hall–Kier alpha value is -2.21. The monoisotopic (exact) mass is 307 g/mol. The number of carbonyl (C=O) groups excluding carboxylic acids is 1. The molecule has 2 rings (SSSR count). The van der Waals surface area contributed by atoms with E-state index in [0.29, 0.717) is 0 Å². The van der Waals surface area contributed by atoms with Crippen molar-refractivity contribution in [2.24, 2.45) is 0 Å². The summed E-state index contributed by atoms with van der Waals surface area (Å²) < 4.78 is 13.5. The molecular formula is C15H14FNO3S. The lowest BCUT2D eigenvalue weighted by molar-refractivity contribution is -0.137. The van der Waals surface area contributed by atoms with E-state index in [1.165, 1.54) is 23.5 Å². The second-order valence-electron chi connectivity index (χ2n) is 4.50. The fourth-order valence-electron chi connectivity index (χ4n) is 1.95. The highest BCUT2D eigenvalue weighted by Gasteiger charge is 2.19. The van der Waals surface area contributed by atoms with Crippen LogP contribution in [0.5, 0.6) is 0 Å². The van der Waals surface area contributed by atoms with Gasteiger partial charge >= 0.3 is 5.97 Å². The van der Waals surface area contributed by atoms with Crippen molar-refractivity contribution >= 4 is 23.2 Å². The molecule has 0 radical (unpaired) electrons. The van der Waals surface area contributed by atoms with E-state index in [-0.39, 0.29) is 18.4 Å². The van der Waals surface area contributed by atoms with Crippen LogP contribution < -0.4 is 5.32 Å². The lowest BCUT2D eigenvalue weighted by atomic mass is 10.1. The van der Waals surface area contributed by atoms with Crippen LogP contribution in [0.2, 0.25) is 0 Å². The van der Waals surface area contributed by atoms with Gasteiger partial charge in [-0.3, -0.25) is 9.59 Å². The highest BCUT2D eigenvalue weighted by Crippen LogP contribution is 2.22. The summed E-state index contributed by atoms with van der Waals surface area (Å²) in [5, 5.41) is 13.4. The van der Waals surface area contributed by atoms with Gasteiger partial charge < -0.3 is 10.4 Å². The molecule has 21 heavy (non-hydrogen) atoms. The maximum absolute atomic E-state index is 13.5. The molecule has 6 heteroatoms. The van der Waals surface area contributed by atoms with E-state index in [2.05, 4.69) is 5.32 Å². The summed E-state index contributed by atoms with van der Waals surface area (Å²) in [4.78, 5) is 23.6. The van der Waals surface area contributed by atoms with Crippen molar-refractivity contribution in [3.05, 3.63) is 58.0 Å². The fraction of sp³-hybridized carbons (Fsp3) is 0.200. The van der Waals surface area contributed by atoms with Crippen molar-refractivity contribution in [2.75, 3.05) is 0 Å². The molecule has 1 heterocycles. The van der Waals surface area contributed by atoms with Crippen LogP contribution in [0.15, 0.2) is 41.8 Å². The molecule has 0 bridgehead atoms. The van der Waals surface area contributed by atoms with Crippen LogP contribution in [0.1, 0.15) is 22.9 Å². The minimum atomic E-state index is -1.00. The molecule has 1 aromatic heterocycles. The molecule has 0 spiro atoms. The predicted octanol–water partition coefficient (Wildman–Crippen LogP) is 2.76. The Morgan fingerprint density at radius 2 is 2.00 bits per heavy atom. The first kappa shape index (κ1) is 15.2. The summed E-state index contributed by atoms with van der Waals surface area (Å²) in [6.07, 6.45) is -0.322. The quantitative estimate of drug-likeness (QED) is 0.862. The molecule has 1 atom stereocenters. The normalized spacial score (nSPS) is 11.9.